The molecule has 1 unspecified atom stereocenters. The van der Waals surface area contributed by atoms with Crippen LogP contribution in [0.1, 0.15) is 34.5 Å². The molecule has 138 valence electrons. The molecule has 1 atom stereocenters. The topological polar surface area (TPSA) is 50.2 Å². The standard InChI is InChI=1S/C22H24N4O/c1-15(25(2)3)17-5-4-6-18(13-17)21-23-11-12-26(21)19-8-7-16-9-10-24-22(27)20(16)14-19/h4-8,11-15H,9-10H2,1-3H3,(H,24,27). The lowest BCUT2D eigenvalue weighted by Gasteiger charge is -2.21. The van der Waals surface area contributed by atoms with E-state index in [-0.39, 0.29) is 5.91 Å². The van der Waals surface area contributed by atoms with Gasteiger partial charge in [-0.3, -0.25) is 9.36 Å². The van der Waals surface area contributed by atoms with Crippen LogP contribution in [0.5, 0.6) is 0 Å². The highest BCUT2D eigenvalue weighted by atomic mass is 16.1. The van der Waals surface area contributed by atoms with Gasteiger partial charge < -0.3 is 10.2 Å². The average molecular weight is 360 g/mol. The minimum absolute atomic E-state index is 0.00145. The molecular formula is C22H24N4O. The molecule has 1 N–H and O–H groups in total. The number of imidazole rings is 1. The number of aromatic nitrogens is 2. The Balaban J connectivity index is 1.75. The molecule has 0 saturated heterocycles. The zero-order valence-corrected chi connectivity index (χ0v) is 15.9. The van der Waals surface area contributed by atoms with Crippen LogP contribution in [0.3, 0.4) is 0 Å². The van der Waals surface area contributed by atoms with Crippen LogP contribution in [0.25, 0.3) is 17.1 Å². The van der Waals surface area contributed by atoms with E-state index in [4.69, 9.17) is 0 Å². The largest absolute Gasteiger partial charge is 0.352 e. The molecule has 0 spiro atoms. The van der Waals surface area contributed by atoms with Crippen molar-refractivity contribution in [1.29, 1.82) is 0 Å². The normalized spacial score (nSPS) is 14.7. The molecule has 0 saturated carbocycles. The summed E-state index contributed by atoms with van der Waals surface area (Å²) in [5.74, 6) is 0.876. The second-order valence-corrected chi connectivity index (χ2v) is 7.23. The molecule has 1 aromatic heterocycles. The highest BCUT2D eigenvalue weighted by Crippen LogP contribution is 2.27. The van der Waals surface area contributed by atoms with Gasteiger partial charge in [-0.05, 0) is 56.8 Å². The Hall–Kier alpha value is -2.92. The molecule has 1 aliphatic heterocycles. The van der Waals surface area contributed by atoms with Crippen molar-refractivity contribution in [2.75, 3.05) is 20.6 Å². The zero-order valence-electron chi connectivity index (χ0n) is 15.9. The Morgan fingerprint density at radius 3 is 2.85 bits per heavy atom. The van der Waals surface area contributed by atoms with Gasteiger partial charge in [0.2, 0.25) is 0 Å². The van der Waals surface area contributed by atoms with Crippen LogP contribution in [0.4, 0.5) is 0 Å². The monoisotopic (exact) mass is 360 g/mol. The zero-order chi connectivity index (χ0) is 19.0. The van der Waals surface area contributed by atoms with Gasteiger partial charge in [-0.25, -0.2) is 4.98 Å². The Morgan fingerprint density at radius 2 is 2.04 bits per heavy atom. The number of rotatable bonds is 4. The second-order valence-electron chi connectivity index (χ2n) is 7.23. The smallest absolute Gasteiger partial charge is 0.251 e. The van der Waals surface area contributed by atoms with Gasteiger partial charge in [0.1, 0.15) is 5.82 Å². The number of nitrogens with zero attached hydrogens (tertiary/aromatic N) is 3. The third-order valence-corrected chi connectivity index (χ3v) is 5.34. The van der Waals surface area contributed by atoms with Crippen molar-refractivity contribution in [2.45, 2.75) is 19.4 Å². The number of carbonyl (C=O) groups excluding carboxylic acids is 1. The summed E-state index contributed by atoms with van der Waals surface area (Å²) in [5.41, 5.74) is 5.12. The fraction of sp³-hybridized carbons (Fsp3) is 0.273. The molecular weight excluding hydrogens is 336 g/mol. The maximum absolute atomic E-state index is 12.2. The maximum Gasteiger partial charge on any atom is 0.251 e. The Kier molecular flexibility index (Phi) is 4.54. The summed E-state index contributed by atoms with van der Waals surface area (Å²) in [6, 6.07) is 14.9. The van der Waals surface area contributed by atoms with Gasteiger partial charge in [0.15, 0.2) is 0 Å². The number of hydrogen-bond acceptors (Lipinski definition) is 3. The number of hydrogen-bond donors (Lipinski definition) is 1. The molecule has 2 aromatic carbocycles. The molecule has 0 bridgehead atoms. The van der Waals surface area contributed by atoms with E-state index in [2.05, 4.69) is 72.6 Å². The molecule has 4 rings (SSSR count). The third kappa shape index (κ3) is 3.26. The predicted molar refractivity (Wildman–Crippen MR) is 107 cm³/mol. The van der Waals surface area contributed by atoms with Crippen LogP contribution in [0, 0.1) is 0 Å². The molecule has 2 heterocycles. The Bertz CT molecular complexity index is 989. The van der Waals surface area contributed by atoms with Crippen LogP contribution in [0.2, 0.25) is 0 Å². The molecule has 0 radical (unpaired) electrons. The summed E-state index contributed by atoms with van der Waals surface area (Å²) in [6.07, 6.45) is 4.62. The van der Waals surface area contributed by atoms with Crippen molar-refractivity contribution in [3.8, 4) is 17.1 Å². The van der Waals surface area contributed by atoms with E-state index in [0.717, 1.165) is 34.6 Å². The first-order valence-electron chi connectivity index (χ1n) is 9.26. The van der Waals surface area contributed by atoms with E-state index >= 15 is 0 Å². The summed E-state index contributed by atoms with van der Waals surface area (Å²) >= 11 is 0. The summed E-state index contributed by atoms with van der Waals surface area (Å²) in [4.78, 5) is 19.0. The number of amides is 1. The van der Waals surface area contributed by atoms with Crippen LogP contribution in [-0.2, 0) is 6.42 Å². The number of fused-ring (bicyclic) bond motifs is 1. The average Bonchev–Trinajstić information content (AvgIpc) is 3.17. The van der Waals surface area contributed by atoms with Gasteiger partial charge in [0.25, 0.3) is 5.91 Å². The Morgan fingerprint density at radius 1 is 1.19 bits per heavy atom. The van der Waals surface area contributed by atoms with Gasteiger partial charge in [-0.15, -0.1) is 0 Å². The van der Waals surface area contributed by atoms with Crippen molar-refractivity contribution >= 4 is 5.91 Å². The molecule has 5 heteroatoms. The predicted octanol–water partition coefficient (Wildman–Crippen LogP) is 3.45. The lowest BCUT2D eigenvalue weighted by molar-refractivity contribution is 0.0946. The fourth-order valence-corrected chi connectivity index (χ4v) is 3.51. The quantitative estimate of drug-likeness (QED) is 0.775. The lowest BCUT2D eigenvalue weighted by Crippen LogP contribution is -2.31. The minimum Gasteiger partial charge on any atom is -0.352 e. The van der Waals surface area contributed by atoms with Crippen molar-refractivity contribution in [1.82, 2.24) is 19.8 Å². The van der Waals surface area contributed by atoms with Gasteiger partial charge >= 0.3 is 0 Å². The van der Waals surface area contributed by atoms with Crippen molar-refractivity contribution in [3.63, 3.8) is 0 Å². The van der Waals surface area contributed by atoms with E-state index in [9.17, 15) is 4.79 Å². The number of carbonyl (C=O) groups is 1. The van der Waals surface area contributed by atoms with E-state index in [1.54, 1.807) is 6.20 Å². The maximum atomic E-state index is 12.2. The van der Waals surface area contributed by atoms with Crippen LogP contribution in [0.15, 0.2) is 54.9 Å². The lowest BCUT2D eigenvalue weighted by atomic mass is 9.99. The number of nitrogens with one attached hydrogen (secondary N) is 1. The highest BCUT2D eigenvalue weighted by Gasteiger charge is 2.18. The first-order chi connectivity index (χ1) is 13.0. The van der Waals surface area contributed by atoms with Crippen molar-refractivity contribution < 1.29 is 4.79 Å². The van der Waals surface area contributed by atoms with Crippen LogP contribution < -0.4 is 5.32 Å². The van der Waals surface area contributed by atoms with Crippen molar-refractivity contribution in [2.24, 2.45) is 0 Å². The van der Waals surface area contributed by atoms with E-state index < -0.39 is 0 Å². The van der Waals surface area contributed by atoms with Gasteiger partial charge in [-0.2, -0.15) is 0 Å². The van der Waals surface area contributed by atoms with Crippen molar-refractivity contribution in [3.05, 3.63) is 71.5 Å². The minimum atomic E-state index is 0.00145. The summed E-state index contributed by atoms with van der Waals surface area (Å²) in [6.45, 7) is 2.89. The van der Waals surface area contributed by atoms with Crippen LogP contribution >= 0.6 is 0 Å². The second kappa shape index (κ2) is 7.00. The molecule has 3 aromatic rings. The van der Waals surface area contributed by atoms with E-state index in [1.165, 1.54) is 5.56 Å². The van der Waals surface area contributed by atoms with Gasteiger partial charge in [-0.1, -0.05) is 24.3 Å². The summed E-state index contributed by atoms with van der Waals surface area (Å²) < 4.78 is 2.04. The molecule has 1 aliphatic rings. The summed E-state index contributed by atoms with van der Waals surface area (Å²) in [5, 5.41) is 2.92. The first-order valence-corrected chi connectivity index (χ1v) is 9.26. The van der Waals surface area contributed by atoms with E-state index in [0.29, 0.717) is 12.6 Å². The molecule has 0 fully saturated rings. The molecule has 27 heavy (non-hydrogen) atoms. The number of benzene rings is 2. The molecule has 1 amide bonds. The van der Waals surface area contributed by atoms with Crippen LogP contribution in [-0.4, -0.2) is 41.0 Å². The highest BCUT2D eigenvalue weighted by molar-refractivity contribution is 5.97. The van der Waals surface area contributed by atoms with E-state index in [1.807, 2.05) is 16.8 Å². The van der Waals surface area contributed by atoms with Gasteiger partial charge in [0.05, 0.1) is 0 Å². The third-order valence-electron chi connectivity index (χ3n) is 5.34. The SMILES string of the molecule is CC(c1cccc(-c2nccn2-c2ccc3c(c2)C(=O)NCC3)c1)N(C)C. The molecule has 5 nitrogen and oxygen atoms in total. The molecule has 0 aliphatic carbocycles. The fourth-order valence-electron chi connectivity index (χ4n) is 3.51. The van der Waals surface area contributed by atoms with Gasteiger partial charge in [0, 0.05) is 41.8 Å². The Labute approximate surface area is 159 Å². The first kappa shape index (κ1) is 17.5. The summed E-state index contributed by atoms with van der Waals surface area (Å²) in [7, 11) is 4.16.